The van der Waals surface area contributed by atoms with Crippen LogP contribution in [0.25, 0.3) is 0 Å². The first-order valence-electron chi connectivity index (χ1n) is 6.53. The highest BCUT2D eigenvalue weighted by molar-refractivity contribution is 9.10. The van der Waals surface area contributed by atoms with Gasteiger partial charge in [0.15, 0.2) is 4.60 Å². The van der Waals surface area contributed by atoms with E-state index in [9.17, 15) is 0 Å². The zero-order valence-electron chi connectivity index (χ0n) is 11.3. The van der Waals surface area contributed by atoms with Gasteiger partial charge in [-0.2, -0.15) is 0 Å². The van der Waals surface area contributed by atoms with Crippen molar-refractivity contribution in [2.24, 2.45) is 7.05 Å². The molecule has 2 aromatic heterocycles. The average molecular weight is 327 g/mol. The van der Waals surface area contributed by atoms with Crippen molar-refractivity contribution in [3.63, 3.8) is 0 Å². The number of hydrogen-bond donors (Lipinski definition) is 1. The Labute approximate surface area is 121 Å². The van der Waals surface area contributed by atoms with E-state index in [0.29, 0.717) is 0 Å². The van der Waals surface area contributed by atoms with E-state index >= 15 is 0 Å². The van der Waals surface area contributed by atoms with Crippen molar-refractivity contribution in [1.82, 2.24) is 20.3 Å². The normalized spacial score (nSPS) is 12.8. The summed E-state index contributed by atoms with van der Waals surface area (Å²) in [6, 6.07) is 4.15. The maximum atomic E-state index is 5.39. The number of halogens is 1. The van der Waals surface area contributed by atoms with E-state index in [0.717, 1.165) is 41.9 Å². The van der Waals surface area contributed by atoms with Gasteiger partial charge < -0.3 is 9.73 Å². The number of nitrogens with one attached hydrogen (secondary N) is 1. The minimum Gasteiger partial charge on any atom is -0.469 e. The molecule has 2 rings (SSSR count). The predicted octanol–water partition coefficient (Wildman–Crippen LogP) is 2.84. The zero-order chi connectivity index (χ0) is 13.7. The van der Waals surface area contributed by atoms with Crippen molar-refractivity contribution >= 4 is 15.9 Å². The van der Waals surface area contributed by atoms with Crippen LogP contribution in [0.15, 0.2) is 27.4 Å². The van der Waals surface area contributed by atoms with Crippen molar-refractivity contribution in [3.05, 3.63) is 34.5 Å². The second kappa shape index (κ2) is 6.86. The molecule has 6 heteroatoms. The first-order chi connectivity index (χ1) is 9.22. The molecule has 2 heterocycles. The lowest BCUT2D eigenvalue weighted by Crippen LogP contribution is -2.25. The van der Waals surface area contributed by atoms with Gasteiger partial charge in [-0.05, 0) is 47.4 Å². The van der Waals surface area contributed by atoms with Crippen molar-refractivity contribution in [1.29, 1.82) is 0 Å². The Morgan fingerprint density at radius 2 is 2.37 bits per heavy atom. The topological polar surface area (TPSA) is 55.9 Å². The second-order valence-electron chi connectivity index (χ2n) is 4.51. The minimum atomic E-state index is 0.222. The molecular weight excluding hydrogens is 308 g/mol. The lowest BCUT2D eigenvalue weighted by Gasteiger charge is -2.18. The Kier molecular flexibility index (Phi) is 5.15. The Morgan fingerprint density at radius 3 is 2.95 bits per heavy atom. The van der Waals surface area contributed by atoms with E-state index in [1.807, 2.05) is 23.9 Å². The fraction of sp³-hybridized carbons (Fsp3) is 0.538. The van der Waals surface area contributed by atoms with Crippen molar-refractivity contribution < 1.29 is 4.42 Å². The number of nitrogens with zero attached hydrogens (tertiary/aromatic N) is 3. The lowest BCUT2D eigenvalue weighted by atomic mass is 10.1. The second-order valence-corrected chi connectivity index (χ2v) is 5.26. The molecule has 0 radical (unpaired) electrons. The number of hydrogen-bond acceptors (Lipinski definition) is 4. The van der Waals surface area contributed by atoms with Crippen LogP contribution in [0.1, 0.15) is 37.3 Å². The summed E-state index contributed by atoms with van der Waals surface area (Å²) < 4.78 is 8.02. The highest BCUT2D eigenvalue weighted by atomic mass is 79.9. The quantitative estimate of drug-likeness (QED) is 0.850. The molecule has 19 heavy (non-hydrogen) atoms. The van der Waals surface area contributed by atoms with Crippen LogP contribution in [0.5, 0.6) is 0 Å². The van der Waals surface area contributed by atoms with Crippen LogP contribution in [0.2, 0.25) is 0 Å². The fourth-order valence-electron chi connectivity index (χ4n) is 2.10. The summed E-state index contributed by atoms with van der Waals surface area (Å²) >= 11 is 3.47. The number of aromatic nitrogens is 3. The molecule has 5 nitrogen and oxygen atoms in total. The van der Waals surface area contributed by atoms with Gasteiger partial charge in [-0.1, -0.05) is 12.1 Å². The number of rotatable bonds is 7. The van der Waals surface area contributed by atoms with Crippen LogP contribution in [-0.2, 0) is 13.5 Å². The van der Waals surface area contributed by atoms with Gasteiger partial charge in [0.05, 0.1) is 18.0 Å². The summed E-state index contributed by atoms with van der Waals surface area (Å²) in [5, 5.41) is 11.6. The molecule has 0 aliphatic rings. The van der Waals surface area contributed by atoms with Gasteiger partial charge in [-0.15, -0.1) is 5.10 Å². The molecule has 0 bridgehead atoms. The highest BCUT2D eigenvalue weighted by Crippen LogP contribution is 2.24. The van der Waals surface area contributed by atoms with E-state index in [2.05, 4.69) is 38.5 Å². The third-order valence-corrected chi connectivity index (χ3v) is 3.62. The summed E-state index contributed by atoms with van der Waals surface area (Å²) in [7, 11) is 1.92. The first kappa shape index (κ1) is 14.3. The van der Waals surface area contributed by atoms with Crippen LogP contribution >= 0.6 is 15.9 Å². The maximum Gasteiger partial charge on any atom is 0.153 e. The van der Waals surface area contributed by atoms with Crippen LogP contribution in [-0.4, -0.2) is 21.5 Å². The van der Waals surface area contributed by atoms with E-state index in [4.69, 9.17) is 4.42 Å². The lowest BCUT2D eigenvalue weighted by molar-refractivity contribution is 0.435. The standard InChI is InChI=1S/C13H19BrN4O/c1-3-8-15-11(7-6-10-5-4-9-19-10)12-13(14)16-17-18(12)2/h4-5,9,11,15H,3,6-8H2,1-2H3. The molecule has 0 amide bonds. The Hall–Kier alpha value is -1.14. The van der Waals surface area contributed by atoms with Crippen LogP contribution in [0, 0.1) is 0 Å². The summed E-state index contributed by atoms with van der Waals surface area (Å²) in [5.74, 6) is 1.01. The molecule has 0 saturated carbocycles. The SMILES string of the molecule is CCCNC(CCc1ccco1)c1c(Br)nnn1C. The first-order valence-corrected chi connectivity index (χ1v) is 7.32. The summed E-state index contributed by atoms with van der Waals surface area (Å²) in [6.45, 7) is 3.13. The molecule has 0 aliphatic heterocycles. The van der Waals surface area contributed by atoms with Crippen LogP contribution in [0.4, 0.5) is 0 Å². The van der Waals surface area contributed by atoms with E-state index in [-0.39, 0.29) is 6.04 Å². The Balaban J connectivity index is 2.07. The van der Waals surface area contributed by atoms with Crippen LogP contribution in [0.3, 0.4) is 0 Å². The molecule has 1 unspecified atom stereocenters. The van der Waals surface area contributed by atoms with E-state index in [1.165, 1.54) is 0 Å². The number of aryl methyl sites for hydroxylation is 2. The van der Waals surface area contributed by atoms with Gasteiger partial charge in [0.2, 0.25) is 0 Å². The Morgan fingerprint density at radius 1 is 1.53 bits per heavy atom. The van der Waals surface area contributed by atoms with Gasteiger partial charge in [-0.25, -0.2) is 4.68 Å². The van der Waals surface area contributed by atoms with Gasteiger partial charge >= 0.3 is 0 Å². The predicted molar refractivity (Wildman–Crippen MR) is 76.8 cm³/mol. The van der Waals surface area contributed by atoms with E-state index in [1.54, 1.807) is 6.26 Å². The Bertz CT molecular complexity index is 475. The van der Waals surface area contributed by atoms with Gasteiger partial charge in [0.25, 0.3) is 0 Å². The highest BCUT2D eigenvalue weighted by Gasteiger charge is 2.19. The molecule has 0 fully saturated rings. The third kappa shape index (κ3) is 3.67. The minimum absolute atomic E-state index is 0.222. The smallest absolute Gasteiger partial charge is 0.153 e. The van der Waals surface area contributed by atoms with Gasteiger partial charge in [-0.3, -0.25) is 0 Å². The van der Waals surface area contributed by atoms with E-state index < -0.39 is 0 Å². The molecule has 2 aromatic rings. The summed E-state index contributed by atoms with van der Waals surface area (Å²) in [6.07, 6.45) is 4.66. The molecule has 0 aliphatic carbocycles. The van der Waals surface area contributed by atoms with Crippen molar-refractivity contribution in [2.45, 2.75) is 32.2 Å². The zero-order valence-corrected chi connectivity index (χ0v) is 12.9. The van der Waals surface area contributed by atoms with Crippen molar-refractivity contribution in [3.8, 4) is 0 Å². The maximum absolute atomic E-state index is 5.39. The molecule has 1 atom stereocenters. The van der Waals surface area contributed by atoms with Gasteiger partial charge in [0, 0.05) is 13.5 Å². The summed E-state index contributed by atoms with van der Waals surface area (Å²) in [5.41, 5.74) is 1.08. The molecule has 104 valence electrons. The number of furan rings is 1. The summed E-state index contributed by atoms with van der Waals surface area (Å²) in [4.78, 5) is 0. The molecule has 0 spiro atoms. The van der Waals surface area contributed by atoms with Crippen LogP contribution < -0.4 is 5.32 Å². The monoisotopic (exact) mass is 326 g/mol. The largest absolute Gasteiger partial charge is 0.469 e. The third-order valence-electron chi connectivity index (χ3n) is 3.06. The van der Waals surface area contributed by atoms with Crippen molar-refractivity contribution in [2.75, 3.05) is 6.54 Å². The van der Waals surface area contributed by atoms with Gasteiger partial charge in [0.1, 0.15) is 5.76 Å². The average Bonchev–Trinajstić information content (AvgIpc) is 3.02. The molecule has 0 saturated heterocycles. The molecule has 1 N–H and O–H groups in total. The fourth-order valence-corrected chi connectivity index (χ4v) is 2.71. The molecule has 0 aromatic carbocycles. The molecular formula is C13H19BrN4O.